The summed E-state index contributed by atoms with van der Waals surface area (Å²) in [5.74, 6) is -1.01. The summed E-state index contributed by atoms with van der Waals surface area (Å²) < 4.78 is 21.5. The van der Waals surface area contributed by atoms with Gasteiger partial charge in [0.1, 0.15) is 11.5 Å². The van der Waals surface area contributed by atoms with E-state index in [4.69, 9.17) is 4.74 Å². The number of hydrogen-bond donors (Lipinski definition) is 0. The van der Waals surface area contributed by atoms with Crippen molar-refractivity contribution in [3.05, 3.63) is 59.2 Å². The maximum atomic E-state index is 15.0. The van der Waals surface area contributed by atoms with E-state index in [0.29, 0.717) is 34.6 Å². The average molecular weight is 479 g/mol. The first-order valence-corrected chi connectivity index (χ1v) is 12.3. The number of hydrogen-bond acceptors (Lipinski definition) is 5. The quantitative estimate of drug-likeness (QED) is 0.365. The molecule has 0 aliphatic carbocycles. The molecule has 0 spiro atoms. The molecule has 1 aromatic carbocycles. The second kappa shape index (κ2) is 10.8. The first-order valence-electron chi connectivity index (χ1n) is 12.3. The van der Waals surface area contributed by atoms with Crippen molar-refractivity contribution in [2.45, 2.75) is 58.9 Å². The van der Waals surface area contributed by atoms with Crippen molar-refractivity contribution in [2.75, 3.05) is 13.2 Å². The fourth-order valence-corrected chi connectivity index (χ4v) is 4.45. The molecular formula is C27H31FN4O3. The molecule has 1 fully saturated rings. The van der Waals surface area contributed by atoms with Gasteiger partial charge in [-0.1, -0.05) is 25.8 Å². The van der Waals surface area contributed by atoms with Gasteiger partial charge in [0.05, 0.1) is 12.3 Å². The minimum atomic E-state index is -0.476. The summed E-state index contributed by atoms with van der Waals surface area (Å²) in [6.45, 7) is 6.82. The molecule has 0 radical (unpaired) electrons. The van der Waals surface area contributed by atoms with Gasteiger partial charge in [-0.15, -0.1) is 0 Å². The largest absolute Gasteiger partial charge is 0.463 e. The van der Waals surface area contributed by atoms with Gasteiger partial charge in [-0.05, 0) is 62.9 Å². The number of rotatable bonds is 6. The van der Waals surface area contributed by atoms with E-state index in [1.54, 1.807) is 35.7 Å². The van der Waals surface area contributed by atoms with Crippen LogP contribution in [0, 0.1) is 5.82 Å². The molecule has 0 bridgehead atoms. The van der Waals surface area contributed by atoms with E-state index >= 15 is 0 Å². The maximum Gasteiger partial charge on any atom is 0.330 e. The second-order valence-corrected chi connectivity index (χ2v) is 8.81. The first kappa shape index (κ1) is 24.6. The van der Waals surface area contributed by atoms with Gasteiger partial charge >= 0.3 is 5.97 Å². The number of ether oxygens (including phenoxy) is 1. The third-order valence-electron chi connectivity index (χ3n) is 6.36. The molecule has 7 nitrogen and oxygen atoms in total. The lowest BCUT2D eigenvalue weighted by Crippen LogP contribution is -2.38. The Morgan fingerprint density at radius 3 is 2.74 bits per heavy atom. The second-order valence-electron chi connectivity index (χ2n) is 8.81. The highest BCUT2D eigenvalue weighted by molar-refractivity contribution is 5.93. The zero-order valence-electron chi connectivity index (χ0n) is 20.5. The fraction of sp³-hybridized carbons (Fsp3) is 0.407. The third kappa shape index (κ3) is 5.42. The minimum absolute atomic E-state index is 0.0664. The zero-order valence-corrected chi connectivity index (χ0v) is 20.5. The molecule has 1 saturated heterocycles. The number of halogens is 1. The van der Waals surface area contributed by atoms with E-state index in [1.165, 1.54) is 18.2 Å². The molecule has 1 atom stereocenters. The number of esters is 1. The van der Waals surface area contributed by atoms with Crippen LogP contribution < -0.4 is 0 Å². The van der Waals surface area contributed by atoms with E-state index in [9.17, 15) is 14.0 Å². The molecule has 1 amide bonds. The van der Waals surface area contributed by atoms with E-state index in [2.05, 4.69) is 17.0 Å². The van der Waals surface area contributed by atoms with Gasteiger partial charge in [0, 0.05) is 36.0 Å². The highest BCUT2D eigenvalue weighted by Crippen LogP contribution is 2.26. The first-order chi connectivity index (χ1) is 16.9. The number of aromatic nitrogens is 3. The lowest BCUT2D eigenvalue weighted by atomic mass is 10.1. The minimum Gasteiger partial charge on any atom is -0.463 e. The predicted octanol–water partition coefficient (Wildman–Crippen LogP) is 5.08. The fourth-order valence-electron chi connectivity index (χ4n) is 4.45. The Bertz CT molecular complexity index is 1270. The van der Waals surface area contributed by atoms with Crippen molar-refractivity contribution in [2.24, 2.45) is 0 Å². The maximum absolute atomic E-state index is 15.0. The SMILES string of the molecule is CCOC(=O)/C=C/c1ccc(-c2cc3nc(C(=O)N4CCCCC[C@H]4C)cc(CC)n3n2)c(F)c1. The van der Waals surface area contributed by atoms with Gasteiger partial charge in [0.15, 0.2) is 5.65 Å². The average Bonchev–Trinajstić information content (AvgIpc) is 3.16. The molecule has 3 aromatic rings. The van der Waals surface area contributed by atoms with Crippen molar-refractivity contribution in [3.63, 3.8) is 0 Å². The van der Waals surface area contributed by atoms with E-state index < -0.39 is 11.8 Å². The summed E-state index contributed by atoms with van der Waals surface area (Å²) in [4.78, 5) is 31.4. The Labute approximate surface area is 204 Å². The van der Waals surface area contributed by atoms with Gasteiger partial charge in [0.25, 0.3) is 5.91 Å². The molecule has 4 rings (SSSR count). The standard InChI is InChI=1S/C27H31FN4O3/c1-4-20-16-24(27(34)31-14-8-6-7-9-18(31)3)29-25-17-23(30-32(20)25)21-12-10-19(15-22(21)28)11-13-26(33)35-5-2/h10-13,15-18H,4-9,14H2,1-3H3/b13-11+/t18-/m1/s1. The summed E-state index contributed by atoms with van der Waals surface area (Å²) in [7, 11) is 0. The molecule has 0 unspecified atom stereocenters. The number of carbonyl (C=O) groups excluding carboxylic acids is 2. The molecule has 184 valence electrons. The van der Waals surface area contributed by atoms with Crippen molar-refractivity contribution in [1.82, 2.24) is 19.5 Å². The van der Waals surface area contributed by atoms with Crippen LogP contribution in [-0.2, 0) is 16.0 Å². The topological polar surface area (TPSA) is 76.8 Å². The van der Waals surface area contributed by atoms with Crippen LogP contribution in [0.15, 0.2) is 36.4 Å². The number of likely N-dealkylation sites (tertiary alicyclic amines) is 1. The highest BCUT2D eigenvalue weighted by Gasteiger charge is 2.25. The van der Waals surface area contributed by atoms with Crippen LogP contribution in [0.4, 0.5) is 4.39 Å². The van der Waals surface area contributed by atoms with Crippen molar-refractivity contribution < 1.29 is 18.7 Å². The number of fused-ring (bicyclic) bond motifs is 1. The Kier molecular flexibility index (Phi) is 7.58. The molecule has 1 aliphatic heterocycles. The Morgan fingerprint density at radius 2 is 2.00 bits per heavy atom. The number of amides is 1. The van der Waals surface area contributed by atoms with E-state index in [-0.39, 0.29) is 18.6 Å². The Morgan fingerprint density at radius 1 is 1.17 bits per heavy atom. The van der Waals surface area contributed by atoms with E-state index in [1.807, 2.05) is 11.8 Å². The molecular weight excluding hydrogens is 447 g/mol. The van der Waals surface area contributed by atoms with Crippen LogP contribution in [0.3, 0.4) is 0 Å². The summed E-state index contributed by atoms with van der Waals surface area (Å²) in [6, 6.07) is 8.36. The Balaban J connectivity index is 1.65. The molecule has 35 heavy (non-hydrogen) atoms. The highest BCUT2D eigenvalue weighted by atomic mass is 19.1. The summed E-state index contributed by atoms with van der Waals surface area (Å²) >= 11 is 0. The van der Waals surface area contributed by atoms with Gasteiger partial charge < -0.3 is 9.64 Å². The van der Waals surface area contributed by atoms with E-state index in [0.717, 1.165) is 37.9 Å². The molecule has 3 heterocycles. The van der Waals surface area contributed by atoms with Gasteiger partial charge in [0.2, 0.25) is 0 Å². The number of benzene rings is 1. The predicted molar refractivity (Wildman–Crippen MR) is 132 cm³/mol. The summed E-state index contributed by atoms with van der Waals surface area (Å²) in [5.41, 5.74) is 3.03. The molecule has 0 N–H and O–H groups in total. The smallest absolute Gasteiger partial charge is 0.330 e. The van der Waals surface area contributed by atoms with Crippen molar-refractivity contribution in [3.8, 4) is 11.3 Å². The molecule has 0 saturated carbocycles. The molecule has 8 heteroatoms. The monoisotopic (exact) mass is 478 g/mol. The zero-order chi connectivity index (χ0) is 24.9. The molecule has 2 aromatic heterocycles. The Hall–Kier alpha value is -3.55. The number of aryl methyl sites for hydroxylation is 1. The van der Waals surface area contributed by atoms with Crippen LogP contribution in [0.1, 0.15) is 68.2 Å². The normalized spacial score (nSPS) is 16.6. The van der Waals surface area contributed by atoms with Crippen LogP contribution >= 0.6 is 0 Å². The van der Waals surface area contributed by atoms with Crippen molar-refractivity contribution in [1.29, 1.82) is 0 Å². The summed E-state index contributed by atoms with van der Waals surface area (Å²) in [6.07, 6.45) is 7.69. The lowest BCUT2D eigenvalue weighted by molar-refractivity contribution is -0.137. The van der Waals surface area contributed by atoms with Gasteiger partial charge in [-0.3, -0.25) is 4.79 Å². The summed E-state index contributed by atoms with van der Waals surface area (Å²) in [5, 5.41) is 4.58. The third-order valence-corrected chi connectivity index (χ3v) is 6.36. The van der Waals surface area contributed by atoms with Crippen molar-refractivity contribution >= 4 is 23.6 Å². The number of nitrogens with zero attached hydrogens (tertiary/aromatic N) is 4. The van der Waals surface area contributed by atoms with Gasteiger partial charge in [-0.2, -0.15) is 5.10 Å². The number of carbonyl (C=O) groups is 2. The van der Waals surface area contributed by atoms with Crippen LogP contribution in [0.25, 0.3) is 23.0 Å². The van der Waals surface area contributed by atoms with Gasteiger partial charge in [-0.25, -0.2) is 18.7 Å². The van der Waals surface area contributed by atoms with Crippen LogP contribution in [0.2, 0.25) is 0 Å². The van der Waals surface area contributed by atoms with Crippen LogP contribution in [-0.4, -0.2) is 50.6 Å². The molecule has 1 aliphatic rings. The lowest BCUT2D eigenvalue weighted by Gasteiger charge is -2.27. The van der Waals surface area contributed by atoms with Crippen LogP contribution in [0.5, 0.6) is 0 Å².